The fourth-order valence-electron chi connectivity index (χ4n) is 3.54. The number of Topliss-reactive ketones (excluding diaryl/α,β-unsaturated/α-hetero) is 1. The lowest BCUT2D eigenvalue weighted by molar-refractivity contribution is -0.136. The van der Waals surface area contributed by atoms with Gasteiger partial charge in [-0.3, -0.25) is 9.10 Å². The van der Waals surface area contributed by atoms with Gasteiger partial charge in [0.25, 0.3) is 10.0 Å². The topological polar surface area (TPSA) is 80.8 Å². The summed E-state index contributed by atoms with van der Waals surface area (Å²) in [5, 5.41) is 0. The molecule has 4 rings (SSSR count). The molecular formula is C25H19F2NO5S. The van der Waals surface area contributed by atoms with Gasteiger partial charge in [-0.15, -0.1) is 0 Å². The second-order valence-electron chi connectivity index (χ2n) is 7.52. The van der Waals surface area contributed by atoms with Crippen molar-refractivity contribution in [3.8, 4) is 0 Å². The molecule has 174 valence electrons. The SMILES string of the molecule is O=C(C=Cc1ccc(S(=O)(=O)N2CCc3ccccc32)cc1)OCC(=O)c1ccc(F)c(F)c1. The highest BCUT2D eigenvalue weighted by molar-refractivity contribution is 7.92. The highest BCUT2D eigenvalue weighted by Crippen LogP contribution is 2.32. The van der Waals surface area contributed by atoms with Crippen molar-refractivity contribution in [2.45, 2.75) is 11.3 Å². The second-order valence-corrected chi connectivity index (χ2v) is 9.38. The molecule has 0 fully saturated rings. The number of hydrogen-bond acceptors (Lipinski definition) is 5. The zero-order valence-electron chi connectivity index (χ0n) is 17.8. The standard InChI is InChI=1S/C25H19F2NO5S/c26-21-11-8-19(15-22(21)27)24(29)16-33-25(30)12-7-17-5-9-20(10-6-17)34(31,32)28-14-13-18-3-1-2-4-23(18)28/h1-12,15H,13-14,16H2. The summed E-state index contributed by atoms with van der Waals surface area (Å²) in [6.07, 6.45) is 3.14. The van der Waals surface area contributed by atoms with Gasteiger partial charge in [-0.2, -0.15) is 0 Å². The number of hydrogen-bond donors (Lipinski definition) is 0. The summed E-state index contributed by atoms with van der Waals surface area (Å²) in [6, 6.07) is 16.0. The van der Waals surface area contributed by atoms with Crippen molar-refractivity contribution in [2.24, 2.45) is 0 Å². The van der Waals surface area contributed by atoms with Crippen LogP contribution < -0.4 is 4.31 Å². The maximum absolute atomic E-state index is 13.2. The maximum Gasteiger partial charge on any atom is 0.331 e. The number of halogens is 2. The average Bonchev–Trinajstić information content (AvgIpc) is 3.28. The van der Waals surface area contributed by atoms with E-state index in [0.29, 0.717) is 24.2 Å². The molecule has 6 nitrogen and oxygen atoms in total. The van der Waals surface area contributed by atoms with Crippen molar-refractivity contribution in [2.75, 3.05) is 17.5 Å². The summed E-state index contributed by atoms with van der Waals surface area (Å²) >= 11 is 0. The Morgan fingerprint density at radius 2 is 1.71 bits per heavy atom. The molecule has 3 aromatic rings. The van der Waals surface area contributed by atoms with E-state index in [1.165, 1.54) is 22.5 Å². The predicted octanol–water partition coefficient (Wildman–Crippen LogP) is 4.16. The quantitative estimate of drug-likeness (QED) is 0.287. The van der Waals surface area contributed by atoms with Gasteiger partial charge in [0.1, 0.15) is 0 Å². The third kappa shape index (κ3) is 4.89. The molecule has 1 aliphatic heterocycles. The number of fused-ring (bicyclic) bond motifs is 1. The van der Waals surface area contributed by atoms with Crippen LogP contribution in [-0.2, 0) is 26.0 Å². The third-order valence-corrected chi connectivity index (χ3v) is 7.14. The Bertz CT molecular complexity index is 1380. The summed E-state index contributed by atoms with van der Waals surface area (Å²) < 4.78 is 58.5. The fourth-order valence-corrected chi connectivity index (χ4v) is 5.04. The number of ether oxygens (including phenoxy) is 1. The second kappa shape index (κ2) is 9.56. The number of para-hydroxylation sites is 1. The van der Waals surface area contributed by atoms with Crippen molar-refractivity contribution in [1.29, 1.82) is 0 Å². The van der Waals surface area contributed by atoms with Crippen LogP contribution in [0.4, 0.5) is 14.5 Å². The molecular weight excluding hydrogens is 464 g/mol. The molecule has 1 aliphatic rings. The zero-order chi connectivity index (χ0) is 24.3. The molecule has 0 N–H and O–H groups in total. The highest BCUT2D eigenvalue weighted by atomic mass is 32.2. The van der Waals surface area contributed by atoms with Crippen LogP contribution in [-0.4, -0.2) is 33.3 Å². The first-order chi connectivity index (χ1) is 16.3. The Labute approximate surface area is 195 Å². The number of rotatable bonds is 7. The van der Waals surface area contributed by atoms with Crippen LogP contribution in [0, 0.1) is 11.6 Å². The van der Waals surface area contributed by atoms with Gasteiger partial charge in [-0.1, -0.05) is 30.3 Å². The van der Waals surface area contributed by atoms with Crippen molar-refractivity contribution < 1.29 is 31.5 Å². The average molecular weight is 483 g/mol. The maximum atomic E-state index is 13.2. The smallest absolute Gasteiger partial charge is 0.331 e. The van der Waals surface area contributed by atoms with E-state index < -0.39 is 40.0 Å². The molecule has 0 atom stereocenters. The molecule has 0 aliphatic carbocycles. The van der Waals surface area contributed by atoms with E-state index in [0.717, 1.165) is 29.8 Å². The van der Waals surface area contributed by atoms with Crippen molar-refractivity contribution in [3.05, 3.63) is 101 Å². The van der Waals surface area contributed by atoms with Gasteiger partial charge in [0, 0.05) is 18.2 Å². The van der Waals surface area contributed by atoms with Crippen molar-refractivity contribution in [3.63, 3.8) is 0 Å². The molecule has 0 saturated heterocycles. The van der Waals surface area contributed by atoms with Gasteiger partial charge in [-0.25, -0.2) is 22.0 Å². The summed E-state index contributed by atoms with van der Waals surface area (Å²) in [5.74, 6) is -3.75. The number of sulfonamides is 1. The molecule has 0 radical (unpaired) electrons. The number of carbonyl (C=O) groups excluding carboxylic acids is 2. The largest absolute Gasteiger partial charge is 0.454 e. The van der Waals surface area contributed by atoms with Gasteiger partial charge in [-0.05, 0) is 60.0 Å². The minimum atomic E-state index is -3.72. The Kier molecular flexibility index (Phi) is 6.56. The van der Waals surface area contributed by atoms with Crippen LogP contribution in [0.3, 0.4) is 0 Å². The zero-order valence-corrected chi connectivity index (χ0v) is 18.6. The number of benzene rings is 3. The van der Waals surface area contributed by atoms with E-state index >= 15 is 0 Å². The summed E-state index contributed by atoms with van der Waals surface area (Å²) in [4.78, 5) is 24.0. The number of anilines is 1. The minimum Gasteiger partial charge on any atom is -0.454 e. The molecule has 0 aromatic heterocycles. The molecule has 34 heavy (non-hydrogen) atoms. The van der Waals surface area contributed by atoms with Crippen molar-refractivity contribution >= 4 is 33.5 Å². The van der Waals surface area contributed by atoms with Crippen LogP contribution in [0.5, 0.6) is 0 Å². The normalized spacial score (nSPS) is 13.2. The van der Waals surface area contributed by atoms with Gasteiger partial charge in [0.05, 0.1) is 10.6 Å². The van der Waals surface area contributed by atoms with E-state index in [9.17, 15) is 26.8 Å². The Morgan fingerprint density at radius 3 is 2.44 bits per heavy atom. The van der Waals surface area contributed by atoms with Crippen LogP contribution in [0.15, 0.2) is 77.7 Å². The Morgan fingerprint density at radius 1 is 0.971 bits per heavy atom. The number of esters is 1. The molecule has 0 spiro atoms. The summed E-state index contributed by atoms with van der Waals surface area (Å²) in [6.45, 7) is -0.263. The lowest BCUT2D eigenvalue weighted by atomic mass is 10.1. The first kappa shape index (κ1) is 23.3. The lowest BCUT2D eigenvalue weighted by Gasteiger charge is -2.19. The molecule has 0 unspecified atom stereocenters. The summed E-state index contributed by atoms with van der Waals surface area (Å²) in [7, 11) is -3.72. The number of carbonyl (C=O) groups is 2. The summed E-state index contributed by atoms with van der Waals surface area (Å²) in [5.41, 5.74) is 2.08. The highest BCUT2D eigenvalue weighted by Gasteiger charge is 2.30. The molecule has 1 heterocycles. The lowest BCUT2D eigenvalue weighted by Crippen LogP contribution is -2.29. The van der Waals surface area contributed by atoms with Gasteiger partial charge < -0.3 is 4.74 Å². The van der Waals surface area contributed by atoms with E-state index in [4.69, 9.17) is 4.74 Å². The monoisotopic (exact) mass is 483 g/mol. The molecule has 0 amide bonds. The number of ketones is 1. The van der Waals surface area contributed by atoms with Crippen LogP contribution >= 0.6 is 0 Å². The van der Waals surface area contributed by atoms with E-state index in [-0.39, 0.29) is 10.5 Å². The van der Waals surface area contributed by atoms with Crippen LogP contribution in [0.2, 0.25) is 0 Å². The molecule has 9 heteroatoms. The first-order valence-corrected chi connectivity index (χ1v) is 11.7. The van der Waals surface area contributed by atoms with Gasteiger partial charge in [0.15, 0.2) is 24.0 Å². The van der Waals surface area contributed by atoms with Crippen molar-refractivity contribution in [1.82, 2.24) is 0 Å². The van der Waals surface area contributed by atoms with E-state index in [1.54, 1.807) is 24.3 Å². The first-order valence-electron chi connectivity index (χ1n) is 10.3. The van der Waals surface area contributed by atoms with Gasteiger partial charge in [0.2, 0.25) is 0 Å². The van der Waals surface area contributed by atoms with E-state index in [2.05, 4.69) is 0 Å². The Hall–Kier alpha value is -3.85. The van der Waals surface area contributed by atoms with Gasteiger partial charge >= 0.3 is 5.97 Å². The van der Waals surface area contributed by atoms with Crippen LogP contribution in [0.1, 0.15) is 21.5 Å². The van der Waals surface area contributed by atoms with E-state index in [1.807, 2.05) is 12.1 Å². The molecule has 0 bridgehead atoms. The number of nitrogens with zero attached hydrogens (tertiary/aromatic N) is 1. The van der Waals surface area contributed by atoms with Crippen LogP contribution in [0.25, 0.3) is 6.08 Å². The predicted molar refractivity (Wildman–Crippen MR) is 122 cm³/mol. The molecule has 3 aromatic carbocycles. The minimum absolute atomic E-state index is 0.117. The molecule has 0 saturated carbocycles. The fraction of sp³-hybridized carbons (Fsp3) is 0.120. The third-order valence-electron chi connectivity index (χ3n) is 5.31. The Balaban J connectivity index is 1.37.